The third-order valence-electron chi connectivity index (χ3n) is 5.69. The highest BCUT2D eigenvalue weighted by atomic mass is 32.2. The van der Waals surface area contributed by atoms with E-state index in [2.05, 4.69) is 5.32 Å². The lowest BCUT2D eigenvalue weighted by molar-refractivity contribution is 0.0995. The number of amides is 1. The van der Waals surface area contributed by atoms with Gasteiger partial charge in [0.1, 0.15) is 10.7 Å². The summed E-state index contributed by atoms with van der Waals surface area (Å²) in [6.45, 7) is 3.72. The minimum Gasteiger partial charge on any atom is -0.459 e. The third kappa shape index (κ3) is 3.40. The van der Waals surface area contributed by atoms with Gasteiger partial charge in [-0.2, -0.15) is 0 Å². The maximum absolute atomic E-state index is 13.5. The van der Waals surface area contributed by atoms with Gasteiger partial charge in [-0.05, 0) is 56.5 Å². The molecule has 152 valence electrons. The fraction of sp³-hybridized carbons (Fsp3) is 0.318. The monoisotopic (exact) mass is 412 g/mol. The number of nitrogens with one attached hydrogen (secondary N) is 1. The molecule has 3 aromatic rings. The molecular formula is C22H24N2O4S. The third-order valence-corrected chi connectivity index (χ3v) is 7.62. The van der Waals surface area contributed by atoms with Gasteiger partial charge in [0.25, 0.3) is 5.91 Å². The molecule has 7 heteroatoms. The summed E-state index contributed by atoms with van der Waals surface area (Å²) in [5, 5.41) is 2.85. The number of benzene rings is 1. The molecule has 0 unspecified atom stereocenters. The lowest BCUT2D eigenvalue weighted by Crippen LogP contribution is -2.19. The van der Waals surface area contributed by atoms with E-state index in [1.54, 1.807) is 49.4 Å². The van der Waals surface area contributed by atoms with Crippen LogP contribution >= 0.6 is 0 Å². The summed E-state index contributed by atoms with van der Waals surface area (Å²) in [6.07, 6.45) is 5.53. The van der Waals surface area contributed by atoms with E-state index in [4.69, 9.17) is 4.42 Å². The number of hydrogen-bond donors (Lipinski definition) is 1. The van der Waals surface area contributed by atoms with Crippen molar-refractivity contribution in [3.05, 3.63) is 65.7 Å². The number of carbonyl (C=O) groups is 1. The Kier molecular flexibility index (Phi) is 5.08. The van der Waals surface area contributed by atoms with Gasteiger partial charge in [-0.3, -0.25) is 4.79 Å². The lowest BCUT2D eigenvalue weighted by Gasteiger charge is -2.19. The predicted octanol–water partition coefficient (Wildman–Crippen LogP) is 4.90. The maximum atomic E-state index is 13.5. The highest BCUT2D eigenvalue weighted by Crippen LogP contribution is 2.41. The van der Waals surface area contributed by atoms with Crippen molar-refractivity contribution in [3.8, 4) is 0 Å². The van der Waals surface area contributed by atoms with E-state index in [1.807, 2.05) is 11.5 Å². The number of furan rings is 1. The van der Waals surface area contributed by atoms with Gasteiger partial charge >= 0.3 is 0 Å². The van der Waals surface area contributed by atoms with E-state index in [1.165, 1.54) is 6.26 Å². The van der Waals surface area contributed by atoms with Crippen LogP contribution in [0.3, 0.4) is 0 Å². The zero-order valence-electron chi connectivity index (χ0n) is 16.5. The SMILES string of the molecule is Cc1c(S(=O)(=O)c2ccccc2)c(NC(=O)c2ccco2)n(C2CCCC2)c1C. The molecule has 1 saturated carbocycles. The van der Waals surface area contributed by atoms with Crippen LogP contribution in [0.4, 0.5) is 5.82 Å². The fourth-order valence-electron chi connectivity index (χ4n) is 4.16. The van der Waals surface area contributed by atoms with Crippen LogP contribution in [0.25, 0.3) is 0 Å². The zero-order valence-corrected chi connectivity index (χ0v) is 17.3. The first-order valence-corrected chi connectivity index (χ1v) is 11.3. The Bertz CT molecular complexity index is 1120. The van der Waals surface area contributed by atoms with E-state index >= 15 is 0 Å². The van der Waals surface area contributed by atoms with Crippen molar-refractivity contribution in [1.29, 1.82) is 0 Å². The molecule has 1 aromatic carbocycles. The Hall–Kier alpha value is -2.80. The molecule has 2 heterocycles. The molecule has 1 aliphatic carbocycles. The van der Waals surface area contributed by atoms with Gasteiger partial charge in [-0.15, -0.1) is 0 Å². The smallest absolute Gasteiger partial charge is 0.292 e. The van der Waals surface area contributed by atoms with Gasteiger partial charge in [-0.25, -0.2) is 8.42 Å². The second-order valence-corrected chi connectivity index (χ2v) is 9.33. The molecule has 0 aliphatic heterocycles. The average Bonchev–Trinajstić information content (AvgIpc) is 3.45. The molecule has 0 atom stereocenters. The topological polar surface area (TPSA) is 81.3 Å². The summed E-state index contributed by atoms with van der Waals surface area (Å²) >= 11 is 0. The van der Waals surface area contributed by atoms with Gasteiger partial charge in [0.15, 0.2) is 5.76 Å². The van der Waals surface area contributed by atoms with Crippen LogP contribution in [0.5, 0.6) is 0 Å². The molecule has 0 spiro atoms. The molecule has 6 nitrogen and oxygen atoms in total. The van der Waals surface area contributed by atoms with Gasteiger partial charge in [0.05, 0.1) is 11.2 Å². The van der Waals surface area contributed by atoms with Crippen molar-refractivity contribution in [1.82, 2.24) is 4.57 Å². The number of anilines is 1. The largest absolute Gasteiger partial charge is 0.459 e. The van der Waals surface area contributed by atoms with Gasteiger partial charge < -0.3 is 14.3 Å². The number of aromatic nitrogens is 1. The van der Waals surface area contributed by atoms with Crippen LogP contribution in [-0.2, 0) is 9.84 Å². The molecule has 1 N–H and O–H groups in total. The number of sulfone groups is 1. The minimum atomic E-state index is -3.81. The molecule has 1 amide bonds. The molecule has 1 aliphatic rings. The van der Waals surface area contributed by atoms with Crippen LogP contribution in [0.15, 0.2) is 62.9 Å². The van der Waals surface area contributed by atoms with E-state index in [-0.39, 0.29) is 21.6 Å². The Morgan fingerprint density at radius 3 is 2.38 bits per heavy atom. The van der Waals surface area contributed by atoms with Crippen molar-refractivity contribution in [2.45, 2.75) is 55.4 Å². The molecule has 0 saturated heterocycles. The Morgan fingerprint density at radius 1 is 1.07 bits per heavy atom. The first-order chi connectivity index (χ1) is 13.9. The summed E-state index contributed by atoms with van der Waals surface area (Å²) < 4.78 is 34.3. The van der Waals surface area contributed by atoms with Crippen LogP contribution in [0.2, 0.25) is 0 Å². The summed E-state index contributed by atoms with van der Waals surface area (Å²) in [7, 11) is -3.81. The molecule has 2 aromatic heterocycles. The van der Waals surface area contributed by atoms with Crippen molar-refractivity contribution in [3.63, 3.8) is 0 Å². The average molecular weight is 413 g/mol. The van der Waals surface area contributed by atoms with Crippen LogP contribution < -0.4 is 5.32 Å². The normalized spacial score (nSPS) is 15.0. The quantitative estimate of drug-likeness (QED) is 0.646. The van der Waals surface area contributed by atoms with Gasteiger partial charge in [-0.1, -0.05) is 31.0 Å². The molecular weight excluding hydrogens is 388 g/mol. The van der Waals surface area contributed by atoms with E-state index in [0.29, 0.717) is 11.4 Å². The molecule has 1 fully saturated rings. The zero-order chi connectivity index (χ0) is 20.6. The first kappa shape index (κ1) is 19.5. The molecule has 4 rings (SSSR count). The van der Waals surface area contributed by atoms with Crippen LogP contribution in [-0.4, -0.2) is 18.9 Å². The lowest BCUT2D eigenvalue weighted by atomic mass is 10.2. The van der Waals surface area contributed by atoms with Crippen molar-refractivity contribution < 1.29 is 17.6 Å². The van der Waals surface area contributed by atoms with Gasteiger partial charge in [0, 0.05) is 11.7 Å². The van der Waals surface area contributed by atoms with Crippen molar-refractivity contribution in [2.24, 2.45) is 0 Å². The second kappa shape index (κ2) is 7.55. The molecule has 0 radical (unpaired) electrons. The Balaban J connectivity index is 1.90. The Morgan fingerprint density at radius 2 is 1.76 bits per heavy atom. The minimum absolute atomic E-state index is 0.141. The summed E-state index contributed by atoms with van der Waals surface area (Å²) in [5.74, 6) is 0.0101. The predicted molar refractivity (Wildman–Crippen MR) is 110 cm³/mol. The maximum Gasteiger partial charge on any atom is 0.292 e. The number of hydrogen-bond acceptors (Lipinski definition) is 4. The van der Waals surface area contributed by atoms with E-state index in [0.717, 1.165) is 31.4 Å². The number of rotatable bonds is 5. The van der Waals surface area contributed by atoms with Crippen molar-refractivity contribution >= 4 is 21.6 Å². The highest BCUT2D eigenvalue weighted by Gasteiger charge is 2.33. The van der Waals surface area contributed by atoms with Crippen LogP contribution in [0.1, 0.15) is 53.5 Å². The summed E-state index contributed by atoms with van der Waals surface area (Å²) in [6, 6.07) is 11.7. The molecule has 29 heavy (non-hydrogen) atoms. The number of nitrogens with zero attached hydrogens (tertiary/aromatic N) is 1. The summed E-state index contributed by atoms with van der Waals surface area (Å²) in [4.78, 5) is 13.1. The second-order valence-electron chi connectivity index (χ2n) is 7.44. The fourth-order valence-corrected chi connectivity index (χ4v) is 5.86. The number of carbonyl (C=O) groups excluding carboxylic acids is 1. The van der Waals surface area contributed by atoms with Crippen LogP contribution in [0, 0.1) is 13.8 Å². The van der Waals surface area contributed by atoms with E-state index < -0.39 is 15.7 Å². The first-order valence-electron chi connectivity index (χ1n) is 9.77. The highest BCUT2D eigenvalue weighted by molar-refractivity contribution is 7.91. The summed E-state index contributed by atoms with van der Waals surface area (Å²) in [5.41, 5.74) is 1.52. The van der Waals surface area contributed by atoms with Crippen molar-refractivity contribution in [2.75, 3.05) is 5.32 Å². The molecule has 0 bridgehead atoms. The standard InChI is InChI=1S/C22H24N2O4S/c1-15-16(2)24(17-9-6-7-10-17)21(23-22(25)19-13-8-14-28-19)20(15)29(26,27)18-11-4-3-5-12-18/h3-5,8,11-14,17H,6-7,9-10H2,1-2H3,(H,23,25). The van der Waals surface area contributed by atoms with Gasteiger partial charge in [0.2, 0.25) is 9.84 Å². The van der Waals surface area contributed by atoms with E-state index in [9.17, 15) is 13.2 Å². The Labute approximate surface area is 170 Å².